The molecular weight excluding hydrogens is 252 g/mol. The van der Waals surface area contributed by atoms with Crippen molar-refractivity contribution in [3.63, 3.8) is 0 Å². The molecule has 1 aliphatic heterocycles. The molecule has 1 fully saturated rings. The molecule has 4 nitrogen and oxygen atoms in total. The van der Waals surface area contributed by atoms with Crippen molar-refractivity contribution in [1.82, 2.24) is 4.98 Å². The second-order valence-electron chi connectivity index (χ2n) is 4.94. The predicted molar refractivity (Wildman–Crippen MR) is 70.4 cm³/mol. The van der Waals surface area contributed by atoms with Crippen molar-refractivity contribution >= 4 is 11.6 Å². The van der Waals surface area contributed by atoms with E-state index in [0.717, 1.165) is 25.5 Å². The summed E-state index contributed by atoms with van der Waals surface area (Å²) < 4.78 is 32.7. The average molecular weight is 271 g/mol. The zero-order valence-corrected chi connectivity index (χ0v) is 11.2. The standard InChI is InChI=1S/C13H19F2N3O/c1-3-16-11-9(14)7-10(15)12(18-11)17-8-13(2)5-4-6-19-13/h7H,3-6,8H2,1-2H3,(H2,16,17,18). The summed E-state index contributed by atoms with van der Waals surface area (Å²) in [6.07, 6.45) is 1.92. The van der Waals surface area contributed by atoms with E-state index in [9.17, 15) is 8.78 Å². The molecule has 1 saturated heterocycles. The fraction of sp³-hybridized carbons (Fsp3) is 0.615. The first kappa shape index (κ1) is 14.0. The molecule has 0 saturated carbocycles. The van der Waals surface area contributed by atoms with Crippen LogP contribution in [0, 0.1) is 11.6 Å². The fourth-order valence-corrected chi connectivity index (χ4v) is 2.13. The van der Waals surface area contributed by atoms with Crippen LogP contribution in [0.1, 0.15) is 26.7 Å². The second kappa shape index (κ2) is 5.69. The number of aromatic nitrogens is 1. The summed E-state index contributed by atoms with van der Waals surface area (Å²) in [5.74, 6) is -1.27. The summed E-state index contributed by atoms with van der Waals surface area (Å²) in [5, 5.41) is 5.66. The van der Waals surface area contributed by atoms with Gasteiger partial charge in [-0.25, -0.2) is 13.8 Å². The Morgan fingerprint density at radius 1 is 1.32 bits per heavy atom. The lowest BCUT2D eigenvalue weighted by molar-refractivity contribution is 0.0314. The molecule has 1 aromatic heterocycles. The van der Waals surface area contributed by atoms with Crippen molar-refractivity contribution in [1.29, 1.82) is 0 Å². The molecule has 6 heteroatoms. The molecular formula is C13H19F2N3O. The molecule has 0 amide bonds. The Bertz CT molecular complexity index is 448. The summed E-state index contributed by atoms with van der Waals surface area (Å²) in [5.41, 5.74) is -0.305. The van der Waals surface area contributed by atoms with E-state index in [2.05, 4.69) is 15.6 Å². The van der Waals surface area contributed by atoms with E-state index in [-0.39, 0.29) is 17.2 Å². The maximum absolute atomic E-state index is 13.6. The van der Waals surface area contributed by atoms with Crippen LogP contribution >= 0.6 is 0 Å². The molecule has 1 aromatic rings. The highest BCUT2D eigenvalue weighted by Crippen LogP contribution is 2.26. The number of pyridine rings is 1. The Kier molecular flexibility index (Phi) is 4.19. The van der Waals surface area contributed by atoms with Crippen molar-refractivity contribution in [2.45, 2.75) is 32.3 Å². The Morgan fingerprint density at radius 3 is 2.58 bits per heavy atom. The minimum absolute atomic E-state index is 0.0501. The Labute approximate surface area is 111 Å². The minimum atomic E-state index is -0.694. The van der Waals surface area contributed by atoms with Crippen LogP contribution in [0.2, 0.25) is 0 Å². The number of ether oxygens (including phenoxy) is 1. The summed E-state index contributed by atoms with van der Waals surface area (Å²) in [7, 11) is 0. The molecule has 1 unspecified atom stereocenters. The van der Waals surface area contributed by atoms with Crippen LogP contribution in [-0.4, -0.2) is 30.3 Å². The van der Waals surface area contributed by atoms with E-state index in [1.165, 1.54) is 0 Å². The molecule has 0 radical (unpaired) electrons. The lowest BCUT2D eigenvalue weighted by Crippen LogP contribution is -2.33. The number of hydrogen-bond donors (Lipinski definition) is 2. The maximum Gasteiger partial charge on any atom is 0.168 e. The van der Waals surface area contributed by atoms with Gasteiger partial charge in [-0.15, -0.1) is 0 Å². The van der Waals surface area contributed by atoms with Crippen molar-refractivity contribution in [3.05, 3.63) is 17.7 Å². The van der Waals surface area contributed by atoms with Gasteiger partial charge in [0.15, 0.2) is 23.3 Å². The van der Waals surface area contributed by atoms with E-state index in [0.29, 0.717) is 13.1 Å². The van der Waals surface area contributed by atoms with E-state index < -0.39 is 11.6 Å². The van der Waals surface area contributed by atoms with Gasteiger partial charge >= 0.3 is 0 Å². The minimum Gasteiger partial charge on any atom is -0.373 e. The van der Waals surface area contributed by atoms with E-state index in [1.54, 1.807) is 0 Å². The highest BCUT2D eigenvalue weighted by Gasteiger charge is 2.29. The number of rotatable bonds is 5. The largest absolute Gasteiger partial charge is 0.373 e. The molecule has 0 aliphatic carbocycles. The Hall–Kier alpha value is -1.43. The third kappa shape index (κ3) is 3.32. The molecule has 1 atom stereocenters. The van der Waals surface area contributed by atoms with Crippen molar-refractivity contribution in [2.24, 2.45) is 0 Å². The van der Waals surface area contributed by atoms with Gasteiger partial charge in [0.2, 0.25) is 0 Å². The molecule has 2 rings (SSSR count). The van der Waals surface area contributed by atoms with Crippen LogP contribution in [0.3, 0.4) is 0 Å². The van der Waals surface area contributed by atoms with Gasteiger partial charge in [0.25, 0.3) is 0 Å². The molecule has 1 aliphatic rings. The number of nitrogens with zero attached hydrogens (tertiary/aromatic N) is 1. The Morgan fingerprint density at radius 2 is 2.00 bits per heavy atom. The second-order valence-corrected chi connectivity index (χ2v) is 4.94. The van der Waals surface area contributed by atoms with Crippen LogP contribution in [0.4, 0.5) is 20.4 Å². The van der Waals surface area contributed by atoms with Gasteiger partial charge in [-0.1, -0.05) is 0 Å². The van der Waals surface area contributed by atoms with Crippen LogP contribution < -0.4 is 10.6 Å². The highest BCUT2D eigenvalue weighted by atomic mass is 19.1. The normalized spacial score (nSPS) is 22.5. The molecule has 0 aromatic carbocycles. The van der Waals surface area contributed by atoms with Gasteiger partial charge in [0.05, 0.1) is 5.60 Å². The predicted octanol–water partition coefficient (Wildman–Crippen LogP) is 2.77. The first-order chi connectivity index (χ1) is 9.04. The zero-order valence-electron chi connectivity index (χ0n) is 11.2. The van der Waals surface area contributed by atoms with Gasteiger partial charge in [0, 0.05) is 25.8 Å². The first-order valence-electron chi connectivity index (χ1n) is 6.52. The van der Waals surface area contributed by atoms with Gasteiger partial charge in [0.1, 0.15) is 0 Å². The van der Waals surface area contributed by atoms with E-state index in [1.807, 2.05) is 13.8 Å². The fourth-order valence-electron chi connectivity index (χ4n) is 2.13. The summed E-state index contributed by atoms with van der Waals surface area (Å²) in [6.45, 7) is 5.49. The molecule has 2 N–H and O–H groups in total. The molecule has 0 spiro atoms. The lowest BCUT2D eigenvalue weighted by Gasteiger charge is -2.24. The average Bonchev–Trinajstić information content (AvgIpc) is 2.79. The summed E-state index contributed by atoms with van der Waals surface area (Å²) >= 11 is 0. The molecule has 106 valence electrons. The van der Waals surface area contributed by atoms with Crippen LogP contribution in [0.25, 0.3) is 0 Å². The molecule has 0 bridgehead atoms. The maximum atomic E-state index is 13.6. The topological polar surface area (TPSA) is 46.2 Å². The quantitative estimate of drug-likeness (QED) is 0.864. The number of halogens is 2. The van der Waals surface area contributed by atoms with Crippen LogP contribution in [0.15, 0.2) is 6.07 Å². The summed E-state index contributed by atoms with van der Waals surface area (Å²) in [4.78, 5) is 3.93. The summed E-state index contributed by atoms with van der Waals surface area (Å²) in [6, 6.07) is 0.838. The third-order valence-corrected chi connectivity index (χ3v) is 3.20. The van der Waals surface area contributed by atoms with Gasteiger partial charge in [-0.2, -0.15) is 0 Å². The van der Waals surface area contributed by atoms with Crippen molar-refractivity contribution in [3.8, 4) is 0 Å². The first-order valence-corrected chi connectivity index (χ1v) is 6.52. The number of anilines is 2. The molecule has 19 heavy (non-hydrogen) atoms. The SMILES string of the molecule is CCNc1nc(NCC2(C)CCCO2)c(F)cc1F. The number of hydrogen-bond acceptors (Lipinski definition) is 4. The van der Waals surface area contributed by atoms with Crippen molar-refractivity contribution < 1.29 is 13.5 Å². The van der Waals surface area contributed by atoms with Gasteiger partial charge in [-0.05, 0) is 26.7 Å². The smallest absolute Gasteiger partial charge is 0.168 e. The van der Waals surface area contributed by atoms with Crippen LogP contribution in [0.5, 0.6) is 0 Å². The van der Waals surface area contributed by atoms with E-state index >= 15 is 0 Å². The van der Waals surface area contributed by atoms with Gasteiger partial charge < -0.3 is 15.4 Å². The Balaban J connectivity index is 2.08. The lowest BCUT2D eigenvalue weighted by atomic mass is 10.0. The van der Waals surface area contributed by atoms with Crippen molar-refractivity contribution in [2.75, 3.05) is 30.3 Å². The van der Waals surface area contributed by atoms with E-state index in [4.69, 9.17) is 4.74 Å². The molecule has 2 heterocycles. The van der Waals surface area contributed by atoms with Gasteiger partial charge in [-0.3, -0.25) is 0 Å². The number of nitrogens with one attached hydrogen (secondary N) is 2. The van der Waals surface area contributed by atoms with Crippen LogP contribution in [-0.2, 0) is 4.74 Å². The third-order valence-electron chi connectivity index (χ3n) is 3.20. The zero-order chi connectivity index (χ0) is 13.9. The monoisotopic (exact) mass is 271 g/mol. The highest BCUT2D eigenvalue weighted by molar-refractivity contribution is 5.47.